The number of carbonyl (C=O) groups excluding carboxylic acids is 2. The number of nitrogens with one attached hydrogen (secondary N) is 1. The molecule has 9 heteroatoms. The first-order chi connectivity index (χ1) is 15.9. The Kier molecular flexibility index (Phi) is 6.12. The first kappa shape index (κ1) is 21.7. The van der Waals surface area contributed by atoms with Gasteiger partial charge in [-0.3, -0.25) is 9.59 Å². The van der Waals surface area contributed by atoms with E-state index in [1.54, 1.807) is 24.3 Å². The number of esters is 1. The molecule has 0 unspecified atom stereocenters. The Morgan fingerprint density at radius 1 is 1.06 bits per heavy atom. The molecule has 33 heavy (non-hydrogen) atoms. The van der Waals surface area contributed by atoms with Crippen LogP contribution < -0.4 is 10.9 Å². The number of nitrogens with zero attached hydrogens (tertiary/aromatic N) is 3. The highest BCUT2D eigenvalue weighted by molar-refractivity contribution is 6.01. The lowest BCUT2D eigenvalue weighted by Crippen LogP contribution is -2.27. The predicted octanol–water partition coefficient (Wildman–Crippen LogP) is 3.30. The van der Waals surface area contributed by atoms with Gasteiger partial charge in [0.1, 0.15) is 6.54 Å². The molecule has 0 aliphatic rings. The average molecular weight is 444 g/mol. The maximum atomic E-state index is 12.6. The summed E-state index contributed by atoms with van der Waals surface area (Å²) in [6.45, 7) is 1.69. The first-order valence-corrected chi connectivity index (χ1v) is 10.0. The fourth-order valence-corrected chi connectivity index (χ4v) is 3.25. The van der Waals surface area contributed by atoms with Crippen molar-refractivity contribution in [1.82, 2.24) is 14.7 Å². The van der Waals surface area contributed by atoms with E-state index in [1.165, 1.54) is 30.0 Å². The molecule has 0 aliphatic carbocycles. The second kappa shape index (κ2) is 9.31. The highest BCUT2D eigenvalue weighted by atomic mass is 16.5. The van der Waals surface area contributed by atoms with Crippen molar-refractivity contribution in [2.45, 2.75) is 13.5 Å². The smallest absolute Gasteiger partial charge is 0.339 e. The van der Waals surface area contributed by atoms with Gasteiger partial charge >= 0.3 is 5.97 Å². The fourth-order valence-electron chi connectivity index (χ4n) is 3.25. The van der Waals surface area contributed by atoms with Crippen molar-refractivity contribution in [2.24, 2.45) is 0 Å². The van der Waals surface area contributed by atoms with Gasteiger partial charge in [0.25, 0.3) is 11.4 Å². The van der Waals surface area contributed by atoms with E-state index in [1.807, 2.05) is 31.2 Å². The van der Waals surface area contributed by atoms with Gasteiger partial charge in [-0.1, -0.05) is 41.1 Å². The van der Waals surface area contributed by atoms with Crippen molar-refractivity contribution in [1.29, 1.82) is 0 Å². The Morgan fingerprint density at radius 3 is 2.67 bits per heavy atom. The minimum Gasteiger partial charge on any atom is -0.465 e. The molecule has 0 radical (unpaired) electrons. The molecule has 1 amide bonds. The van der Waals surface area contributed by atoms with Crippen molar-refractivity contribution in [3.05, 3.63) is 88.3 Å². The third-order valence-electron chi connectivity index (χ3n) is 4.85. The van der Waals surface area contributed by atoms with Crippen LogP contribution in [-0.2, 0) is 16.1 Å². The lowest BCUT2D eigenvalue weighted by atomic mass is 10.1. The van der Waals surface area contributed by atoms with Crippen LogP contribution in [0.4, 0.5) is 5.69 Å². The van der Waals surface area contributed by atoms with Gasteiger partial charge in [-0.15, -0.1) is 0 Å². The number of hydrogen-bond acceptors (Lipinski definition) is 7. The van der Waals surface area contributed by atoms with Gasteiger partial charge in [-0.25, -0.2) is 4.79 Å². The maximum Gasteiger partial charge on any atom is 0.339 e. The molecule has 0 aliphatic heterocycles. The second-order valence-corrected chi connectivity index (χ2v) is 7.26. The van der Waals surface area contributed by atoms with E-state index in [-0.39, 0.29) is 23.6 Å². The number of anilines is 1. The Morgan fingerprint density at radius 2 is 1.88 bits per heavy atom. The van der Waals surface area contributed by atoms with Gasteiger partial charge in [0.2, 0.25) is 11.7 Å². The van der Waals surface area contributed by atoms with E-state index in [0.717, 1.165) is 11.1 Å². The van der Waals surface area contributed by atoms with Gasteiger partial charge in [0.15, 0.2) is 0 Å². The number of amides is 1. The van der Waals surface area contributed by atoms with E-state index in [2.05, 4.69) is 15.5 Å². The number of para-hydroxylation sites is 1. The van der Waals surface area contributed by atoms with Crippen molar-refractivity contribution >= 4 is 17.6 Å². The fraction of sp³-hybridized carbons (Fsp3) is 0.125. The molecule has 0 fully saturated rings. The number of ether oxygens (including phenoxy) is 1. The summed E-state index contributed by atoms with van der Waals surface area (Å²) in [7, 11) is 1.26. The SMILES string of the molecule is COC(=O)c1ccccc1NC(=O)Cn1cc(-c2nc(-c3cccc(C)c3)no2)ccc1=O. The zero-order valence-corrected chi connectivity index (χ0v) is 17.9. The maximum absolute atomic E-state index is 12.6. The van der Waals surface area contributed by atoms with E-state index in [9.17, 15) is 14.4 Å². The van der Waals surface area contributed by atoms with Gasteiger partial charge in [-0.2, -0.15) is 4.98 Å². The normalized spacial score (nSPS) is 10.6. The molecule has 0 bridgehead atoms. The largest absolute Gasteiger partial charge is 0.465 e. The summed E-state index contributed by atoms with van der Waals surface area (Å²) in [6, 6.07) is 17.0. The molecule has 2 heterocycles. The van der Waals surface area contributed by atoms with E-state index in [0.29, 0.717) is 17.1 Å². The first-order valence-electron chi connectivity index (χ1n) is 10.0. The molecule has 2 aromatic carbocycles. The molecular weight excluding hydrogens is 424 g/mol. The van der Waals surface area contributed by atoms with Crippen LogP contribution in [0.3, 0.4) is 0 Å². The zero-order valence-electron chi connectivity index (χ0n) is 17.9. The Bertz CT molecular complexity index is 1390. The van der Waals surface area contributed by atoms with Crippen LogP contribution in [0, 0.1) is 6.92 Å². The van der Waals surface area contributed by atoms with Crippen LogP contribution in [0.1, 0.15) is 15.9 Å². The Labute approximate surface area is 188 Å². The molecule has 4 aromatic rings. The summed E-state index contributed by atoms with van der Waals surface area (Å²) in [5.74, 6) is -0.428. The molecular formula is C24H20N4O5. The summed E-state index contributed by atoms with van der Waals surface area (Å²) in [5, 5.41) is 6.65. The number of methoxy groups -OCH3 is 1. The van der Waals surface area contributed by atoms with Crippen LogP contribution >= 0.6 is 0 Å². The quantitative estimate of drug-likeness (QED) is 0.454. The summed E-state index contributed by atoms with van der Waals surface area (Å²) in [5.41, 5.74) is 2.48. The van der Waals surface area contributed by atoms with Gasteiger partial charge in [-0.05, 0) is 31.2 Å². The van der Waals surface area contributed by atoms with E-state index < -0.39 is 11.9 Å². The molecule has 4 rings (SSSR count). The van der Waals surface area contributed by atoms with Crippen LogP contribution in [0.2, 0.25) is 0 Å². The highest BCUT2D eigenvalue weighted by Crippen LogP contribution is 2.22. The Hall–Kier alpha value is -4.53. The molecule has 2 aromatic heterocycles. The molecule has 0 atom stereocenters. The van der Waals surface area contributed by atoms with E-state index >= 15 is 0 Å². The lowest BCUT2D eigenvalue weighted by Gasteiger charge is -2.11. The summed E-state index contributed by atoms with van der Waals surface area (Å²) >= 11 is 0. The topological polar surface area (TPSA) is 116 Å². The molecule has 1 N–H and O–H groups in total. The van der Waals surface area contributed by atoms with Crippen LogP contribution in [0.5, 0.6) is 0 Å². The third kappa shape index (κ3) is 4.87. The van der Waals surface area contributed by atoms with E-state index in [4.69, 9.17) is 9.26 Å². The van der Waals surface area contributed by atoms with Crippen LogP contribution in [0.25, 0.3) is 22.8 Å². The van der Waals surface area contributed by atoms with Gasteiger partial charge in [0.05, 0.1) is 23.9 Å². The number of benzene rings is 2. The molecule has 166 valence electrons. The molecule has 0 saturated carbocycles. The zero-order chi connectivity index (χ0) is 23.4. The monoisotopic (exact) mass is 444 g/mol. The second-order valence-electron chi connectivity index (χ2n) is 7.26. The van der Waals surface area contributed by atoms with Crippen LogP contribution in [0.15, 0.2) is 76.2 Å². The number of pyridine rings is 1. The van der Waals surface area contributed by atoms with Crippen molar-refractivity contribution < 1.29 is 18.8 Å². The predicted molar refractivity (Wildman–Crippen MR) is 121 cm³/mol. The average Bonchev–Trinajstić information content (AvgIpc) is 3.31. The molecule has 9 nitrogen and oxygen atoms in total. The van der Waals surface area contributed by atoms with Gasteiger partial charge < -0.3 is 19.1 Å². The van der Waals surface area contributed by atoms with Gasteiger partial charge in [0, 0.05) is 17.8 Å². The third-order valence-corrected chi connectivity index (χ3v) is 4.85. The number of hydrogen-bond donors (Lipinski definition) is 1. The molecule has 0 spiro atoms. The number of aryl methyl sites for hydroxylation is 1. The minimum absolute atomic E-state index is 0.212. The number of rotatable bonds is 6. The standard InChI is InChI=1S/C24H20N4O5/c1-15-6-5-7-16(12-15)22-26-23(33-27-22)17-10-11-21(30)28(13-17)14-20(29)25-19-9-4-3-8-18(19)24(31)32-2/h3-13H,14H2,1-2H3,(H,25,29). The van der Waals surface area contributed by atoms with Crippen molar-refractivity contribution in [3.8, 4) is 22.8 Å². The van der Waals surface area contributed by atoms with Crippen LogP contribution in [-0.4, -0.2) is 33.7 Å². The lowest BCUT2D eigenvalue weighted by molar-refractivity contribution is -0.116. The van der Waals surface area contributed by atoms with Crippen molar-refractivity contribution in [2.75, 3.05) is 12.4 Å². The Balaban J connectivity index is 1.55. The highest BCUT2D eigenvalue weighted by Gasteiger charge is 2.15. The number of aromatic nitrogens is 3. The summed E-state index contributed by atoms with van der Waals surface area (Å²) < 4.78 is 11.3. The van der Waals surface area contributed by atoms with Crippen molar-refractivity contribution in [3.63, 3.8) is 0 Å². The molecule has 0 saturated heterocycles. The summed E-state index contributed by atoms with van der Waals surface area (Å²) in [4.78, 5) is 41.2. The number of carbonyl (C=O) groups is 2. The summed E-state index contributed by atoms with van der Waals surface area (Å²) in [6.07, 6.45) is 1.47. The minimum atomic E-state index is -0.578.